The zero-order valence-electron chi connectivity index (χ0n) is 14.8. The van der Waals surface area contributed by atoms with Gasteiger partial charge in [-0.3, -0.25) is 24.6 Å². The van der Waals surface area contributed by atoms with E-state index in [0.29, 0.717) is 24.9 Å². The highest BCUT2D eigenvalue weighted by Gasteiger charge is 2.37. The third-order valence-corrected chi connectivity index (χ3v) is 4.23. The second-order valence-corrected chi connectivity index (χ2v) is 6.08. The summed E-state index contributed by atoms with van der Waals surface area (Å²) in [7, 11) is 0. The molecule has 2 rings (SSSR count). The van der Waals surface area contributed by atoms with Gasteiger partial charge in [-0.05, 0) is 31.9 Å². The number of nitrogens with zero attached hydrogens (tertiary/aromatic N) is 1. The second-order valence-electron chi connectivity index (χ2n) is 6.08. The first-order valence-corrected chi connectivity index (χ1v) is 8.69. The largest absolute Gasteiger partial charge is 0.371 e. The van der Waals surface area contributed by atoms with Gasteiger partial charge in [0.2, 0.25) is 5.91 Å². The number of benzene rings is 1. The number of carbonyl (C=O) groups is 3. The Balaban J connectivity index is 1.96. The van der Waals surface area contributed by atoms with Crippen LogP contribution in [-0.2, 0) is 9.59 Å². The van der Waals surface area contributed by atoms with Crippen molar-refractivity contribution in [3.8, 4) is 0 Å². The first-order chi connectivity index (χ1) is 12.5. The van der Waals surface area contributed by atoms with Crippen LogP contribution >= 0.6 is 0 Å². The number of aliphatic hydroxyl groups excluding tert-OH is 1. The standard InChI is InChI=1S/C20H24N2O4/c1-2-3-4-8-13-17(23)20(26)22-14-9-12-16(22)19(25)21-18(24)15-10-6-5-7-11-15/h2-8,10-11,16,20,26H,9,12-14H2,1H3,(H,21,24,25)/b3-2+,8-4+/t16-,20?/m0/s1. The van der Waals surface area contributed by atoms with Crippen LogP contribution in [0.25, 0.3) is 0 Å². The van der Waals surface area contributed by atoms with E-state index in [9.17, 15) is 19.5 Å². The summed E-state index contributed by atoms with van der Waals surface area (Å²) in [6, 6.07) is 7.75. The van der Waals surface area contributed by atoms with Crippen molar-refractivity contribution in [2.24, 2.45) is 0 Å². The molecular formula is C20H24N2O4. The monoisotopic (exact) mass is 356 g/mol. The predicted molar refractivity (Wildman–Crippen MR) is 98.2 cm³/mol. The molecule has 0 spiro atoms. The smallest absolute Gasteiger partial charge is 0.257 e. The molecule has 2 amide bonds. The van der Waals surface area contributed by atoms with Crippen LogP contribution < -0.4 is 5.32 Å². The van der Waals surface area contributed by atoms with Gasteiger partial charge in [-0.2, -0.15) is 0 Å². The first-order valence-electron chi connectivity index (χ1n) is 8.69. The molecule has 1 saturated heterocycles. The number of hydrogen-bond donors (Lipinski definition) is 2. The third kappa shape index (κ3) is 5.21. The first kappa shape index (κ1) is 19.8. The Labute approximate surface area is 153 Å². The molecule has 1 aromatic rings. The fraction of sp³-hybridized carbons (Fsp3) is 0.350. The number of aliphatic hydroxyl groups is 1. The highest BCUT2D eigenvalue weighted by Crippen LogP contribution is 2.20. The third-order valence-electron chi connectivity index (χ3n) is 4.23. The molecule has 138 valence electrons. The summed E-state index contributed by atoms with van der Waals surface area (Å²) in [4.78, 5) is 38.2. The molecule has 1 unspecified atom stereocenters. The van der Waals surface area contributed by atoms with Crippen molar-refractivity contribution in [3.05, 3.63) is 60.2 Å². The van der Waals surface area contributed by atoms with Gasteiger partial charge in [-0.15, -0.1) is 0 Å². The van der Waals surface area contributed by atoms with Gasteiger partial charge >= 0.3 is 0 Å². The summed E-state index contributed by atoms with van der Waals surface area (Å²) in [5, 5.41) is 12.7. The molecule has 0 saturated carbocycles. The topological polar surface area (TPSA) is 86.7 Å². The van der Waals surface area contributed by atoms with E-state index < -0.39 is 24.1 Å². The summed E-state index contributed by atoms with van der Waals surface area (Å²) in [6.07, 6.45) is 6.92. The number of carbonyl (C=O) groups excluding carboxylic acids is 3. The average Bonchev–Trinajstić information content (AvgIpc) is 3.15. The highest BCUT2D eigenvalue weighted by molar-refractivity contribution is 6.06. The predicted octanol–water partition coefficient (Wildman–Crippen LogP) is 1.82. The maximum Gasteiger partial charge on any atom is 0.257 e. The maximum absolute atomic E-state index is 12.4. The van der Waals surface area contributed by atoms with E-state index in [0.717, 1.165) is 0 Å². The van der Waals surface area contributed by atoms with E-state index in [4.69, 9.17) is 0 Å². The molecule has 2 atom stereocenters. The van der Waals surface area contributed by atoms with Crippen LogP contribution in [0.1, 0.15) is 36.5 Å². The van der Waals surface area contributed by atoms with Gasteiger partial charge in [0.05, 0.1) is 6.04 Å². The van der Waals surface area contributed by atoms with Crippen LogP contribution in [0.5, 0.6) is 0 Å². The van der Waals surface area contributed by atoms with E-state index in [1.54, 1.807) is 48.6 Å². The molecule has 6 heteroatoms. The lowest BCUT2D eigenvalue weighted by molar-refractivity contribution is -0.141. The molecule has 1 heterocycles. The summed E-state index contributed by atoms with van der Waals surface area (Å²) < 4.78 is 0. The molecule has 0 bridgehead atoms. The van der Waals surface area contributed by atoms with Crippen LogP contribution in [0, 0.1) is 0 Å². The maximum atomic E-state index is 12.4. The molecule has 6 nitrogen and oxygen atoms in total. The Bertz CT molecular complexity index is 697. The van der Waals surface area contributed by atoms with E-state index >= 15 is 0 Å². The van der Waals surface area contributed by atoms with Crippen molar-refractivity contribution in [1.82, 2.24) is 10.2 Å². The van der Waals surface area contributed by atoms with Crippen LogP contribution in [0.15, 0.2) is 54.6 Å². The van der Waals surface area contributed by atoms with Crippen LogP contribution in [0.2, 0.25) is 0 Å². The normalized spacial score (nSPS) is 19.1. The van der Waals surface area contributed by atoms with Crippen LogP contribution in [0.3, 0.4) is 0 Å². The Morgan fingerprint density at radius 1 is 1.27 bits per heavy atom. The number of imide groups is 1. The van der Waals surface area contributed by atoms with Crippen LogP contribution in [0.4, 0.5) is 0 Å². The van der Waals surface area contributed by atoms with E-state index in [1.807, 2.05) is 13.0 Å². The quantitative estimate of drug-likeness (QED) is 0.575. The zero-order chi connectivity index (χ0) is 18.9. The highest BCUT2D eigenvalue weighted by atomic mass is 16.3. The fourth-order valence-electron chi connectivity index (χ4n) is 2.88. The lowest BCUT2D eigenvalue weighted by Gasteiger charge is -2.27. The van der Waals surface area contributed by atoms with Gasteiger partial charge < -0.3 is 5.11 Å². The van der Waals surface area contributed by atoms with Crippen molar-refractivity contribution in [1.29, 1.82) is 0 Å². The summed E-state index contributed by atoms with van der Waals surface area (Å²) >= 11 is 0. The molecule has 1 aromatic carbocycles. The lowest BCUT2D eigenvalue weighted by Crippen LogP contribution is -2.51. The Kier molecular flexibility index (Phi) is 7.44. The summed E-state index contributed by atoms with van der Waals surface area (Å²) in [5.74, 6) is -1.36. The van der Waals surface area contributed by atoms with Gasteiger partial charge in [0.1, 0.15) is 0 Å². The minimum absolute atomic E-state index is 0.0826. The van der Waals surface area contributed by atoms with Crippen molar-refractivity contribution >= 4 is 17.6 Å². The van der Waals surface area contributed by atoms with E-state index in [-0.39, 0.29) is 12.2 Å². The van der Waals surface area contributed by atoms with Gasteiger partial charge in [-0.25, -0.2) is 0 Å². The number of likely N-dealkylation sites (tertiary alicyclic amines) is 1. The minimum Gasteiger partial charge on any atom is -0.371 e. The van der Waals surface area contributed by atoms with Crippen molar-refractivity contribution in [2.45, 2.75) is 38.5 Å². The van der Waals surface area contributed by atoms with E-state index in [2.05, 4.69) is 5.32 Å². The average molecular weight is 356 g/mol. The van der Waals surface area contributed by atoms with E-state index in [1.165, 1.54) is 4.90 Å². The van der Waals surface area contributed by atoms with Crippen molar-refractivity contribution in [2.75, 3.05) is 6.54 Å². The summed E-state index contributed by atoms with van der Waals surface area (Å²) in [6.45, 7) is 2.30. The second kappa shape index (κ2) is 9.79. The van der Waals surface area contributed by atoms with Crippen LogP contribution in [-0.4, -0.2) is 46.4 Å². The zero-order valence-corrected chi connectivity index (χ0v) is 14.8. The molecule has 1 aliphatic rings. The number of amides is 2. The van der Waals surface area contributed by atoms with Gasteiger partial charge in [0, 0.05) is 18.5 Å². The van der Waals surface area contributed by atoms with Gasteiger partial charge in [-0.1, -0.05) is 42.5 Å². The molecular weight excluding hydrogens is 332 g/mol. The minimum atomic E-state index is -1.35. The van der Waals surface area contributed by atoms with Gasteiger partial charge in [0.15, 0.2) is 12.0 Å². The molecule has 0 aliphatic carbocycles. The number of Topliss-reactive ketones (excluding diaryl/α,β-unsaturated/α-hetero) is 1. The molecule has 0 aromatic heterocycles. The molecule has 2 N–H and O–H groups in total. The number of ketones is 1. The van der Waals surface area contributed by atoms with Gasteiger partial charge in [0.25, 0.3) is 5.91 Å². The molecule has 1 fully saturated rings. The number of nitrogens with one attached hydrogen (secondary N) is 1. The Morgan fingerprint density at radius 3 is 2.69 bits per heavy atom. The van der Waals surface area contributed by atoms with Crippen molar-refractivity contribution < 1.29 is 19.5 Å². The molecule has 1 aliphatic heterocycles. The van der Waals surface area contributed by atoms with Crippen molar-refractivity contribution in [3.63, 3.8) is 0 Å². The number of hydrogen-bond acceptors (Lipinski definition) is 5. The Morgan fingerprint density at radius 2 is 2.00 bits per heavy atom. The molecule has 0 radical (unpaired) electrons. The number of allylic oxidation sites excluding steroid dienone is 4. The number of rotatable bonds is 7. The Hall–Kier alpha value is -2.57. The molecule has 26 heavy (non-hydrogen) atoms. The SMILES string of the molecule is C/C=C/C=C/CC(=O)C(O)N1CCC[C@H]1C(=O)NC(=O)c1ccccc1. The lowest BCUT2D eigenvalue weighted by atomic mass is 10.1. The fourth-order valence-corrected chi connectivity index (χ4v) is 2.88. The summed E-state index contributed by atoms with van der Waals surface area (Å²) in [5.41, 5.74) is 0.385.